The van der Waals surface area contributed by atoms with Crippen molar-refractivity contribution < 1.29 is 9.32 Å². The number of piperidine rings is 1. The molecule has 0 aromatic carbocycles. The highest BCUT2D eigenvalue weighted by atomic mass is 16.5. The summed E-state index contributed by atoms with van der Waals surface area (Å²) < 4.78 is 7.27. The highest BCUT2D eigenvalue weighted by Crippen LogP contribution is 2.32. The van der Waals surface area contributed by atoms with Crippen LogP contribution in [0.2, 0.25) is 0 Å². The molecular formula is C19H28N6O2. The second-order valence-electron chi connectivity index (χ2n) is 7.75. The van der Waals surface area contributed by atoms with Gasteiger partial charge in [-0.25, -0.2) is 0 Å². The van der Waals surface area contributed by atoms with Gasteiger partial charge in [0.2, 0.25) is 11.8 Å². The van der Waals surface area contributed by atoms with E-state index in [9.17, 15) is 4.79 Å². The first-order valence-electron chi connectivity index (χ1n) is 10.0. The van der Waals surface area contributed by atoms with Gasteiger partial charge in [-0.3, -0.25) is 9.48 Å². The third kappa shape index (κ3) is 3.63. The fraction of sp³-hybridized carbons (Fsp3) is 0.684. The molecule has 8 nitrogen and oxygen atoms in total. The quantitative estimate of drug-likeness (QED) is 0.835. The van der Waals surface area contributed by atoms with Crippen molar-refractivity contribution in [3.8, 4) is 0 Å². The fourth-order valence-electron chi connectivity index (χ4n) is 4.27. The van der Waals surface area contributed by atoms with Gasteiger partial charge in [0.15, 0.2) is 5.82 Å². The second-order valence-corrected chi connectivity index (χ2v) is 7.75. The van der Waals surface area contributed by atoms with E-state index >= 15 is 0 Å². The Labute approximate surface area is 159 Å². The summed E-state index contributed by atoms with van der Waals surface area (Å²) in [7, 11) is 0. The van der Waals surface area contributed by atoms with Gasteiger partial charge in [-0.15, -0.1) is 0 Å². The summed E-state index contributed by atoms with van der Waals surface area (Å²) in [6.07, 6.45) is 11.0. The molecule has 4 rings (SSSR count). The van der Waals surface area contributed by atoms with Crippen LogP contribution < -0.4 is 10.6 Å². The van der Waals surface area contributed by atoms with Crippen molar-refractivity contribution >= 4 is 5.91 Å². The van der Waals surface area contributed by atoms with Gasteiger partial charge in [-0.1, -0.05) is 24.4 Å². The number of hydrogen-bond donors (Lipinski definition) is 2. The van der Waals surface area contributed by atoms with Gasteiger partial charge in [-0.05, 0) is 51.8 Å². The molecule has 2 N–H and O–H groups in total. The Kier molecular flexibility index (Phi) is 5.24. The molecule has 1 aliphatic heterocycles. The standard InChI is InChI=1S/C19H28N6O2/c1-14(17-23-16(24-27-17)15-6-3-2-4-7-15)22-18(26)19(8-11-20-12-9-19)25-13-5-10-21-25/h5,10,13-15,20H,2-4,6-9,11-12H2,1H3,(H,22,26). The zero-order valence-electron chi connectivity index (χ0n) is 15.9. The summed E-state index contributed by atoms with van der Waals surface area (Å²) in [5, 5.41) is 14.9. The minimum absolute atomic E-state index is 0.0439. The highest BCUT2D eigenvalue weighted by Gasteiger charge is 2.42. The predicted octanol–water partition coefficient (Wildman–Crippen LogP) is 2.27. The Hall–Kier alpha value is -2.22. The molecule has 2 aromatic heterocycles. The minimum atomic E-state index is -0.671. The van der Waals surface area contributed by atoms with E-state index in [0.29, 0.717) is 24.7 Å². The van der Waals surface area contributed by atoms with E-state index in [1.807, 2.05) is 19.2 Å². The molecule has 0 bridgehead atoms. The topological polar surface area (TPSA) is 97.9 Å². The summed E-state index contributed by atoms with van der Waals surface area (Å²) >= 11 is 0. The number of nitrogens with one attached hydrogen (secondary N) is 2. The van der Waals surface area contributed by atoms with Crippen molar-refractivity contribution in [3.63, 3.8) is 0 Å². The van der Waals surface area contributed by atoms with Gasteiger partial charge in [0.05, 0.1) is 0 Å². The molecule has 146 valence electrons. The Morgan fingerprint density at radius 1 is 1.33 bits per heavy atom. The number of amides is 1. The number of hydrogen-bond acceptors (Lipinski definition) is 6. The first-order valence-corrected chi connectivity index (χ1v) is 10.0. The molecule has 3 heterocycles. The van der Waals surface area contributed by atoms with Crippen molar-refractivity contribution in [3.05, 3.63) is 30.2 Å². The van der Waals surface area contributed by atoms with E-state index in [4.69, 9.17) is 4.52 Å². The van der Waals surface area contributed by atoms with Crippen LogP contribution in [-0.4, -0.2) is 38.9 Å². The van der Waals surface area contributed by atoms with Gasteiger partial charge in [0.25, 0.3) is 0 Å². The van der Waals surface area contributed by atoms with Crippen LogP contribution in [-0.2, 0) is 10.3 Å². The Morgan fingerprint density at radius 3 is 2.81 bits per heavy atom. The largest absolute Gasteiger partial charge is 0.342 e. The molecule has 1 aliphatic carbocycles. The second kappa shape index (κ2) is 7.80. The maximum atomic E-state index is 13.2. The molecule has 1 unspecified atom stereocenters. The monoisotopic (exact) mass is 372 g/mol. The van der Waals surface area contributed by atoms with Gasteiger partial charge >= 0.3 is 0 Å². The van der Waals surface area contributed by atoms with Crippen molar-refractivity contribution in [2.45, 2.75) is 69.4 Å². The summed E-state index contributed by atoms with van der Waals surface area (Å²) in [5.41, 5.74) is -0.671. The molecular weight excluding hydrogens is 344 g/mol. The molecule has 1 atom stereocenters. The van der Waals surface area contributed by atoms with Crippen LogP contribution in [0.4, 0.5) is 0 Å². The smallest absolute Gasteiger partial charge is 0.248 e. The van der Waals surface area contributed by atoms with Crippen LogP contribution in [0, 0.1) is 0 Å². The maximum Gasteiger partial charge on any atom is 0.248 e. The van der Waals surface area contributed by atoms with Crippen LogP contribution in [0.1, 0.15) is 75.5 Å². The molecule has 1 saturated heterocycles. The minimum Gasteiger partial charge on any atom is -0.342 e. The lowest BCUT2D eigenvalue weighted by molar-refractivity contribution is -0.132. The van der Waals surface area contributed by atoms with E-state index in [1.165, 1.54) is 19.3 Å². The average molecular weight is 372 g/mol. The van der Waals surface area contributed by atoms with E-state index in [2.05, 4.69) is 25.9 Å². The van der Waals surface area contributed by atoms with E-state index in [0.717, 1.165) is 31.8 Å². The van der Waals surface area contributed by atoms with Crippen LogP contribution in [0.3, 0.4) is 0 Å². The van der Waals surface area contributed by atoms with Crippen LogP contribution >= 0.6 is 0 Å². The molecule has 0 radical (unpaired) electrons. The third-order valence-corrected chi connectivity index (χ3v) is 5.94. The molecule has 2 aromatic rings. The van der Waals surface area contributed by atoms with Gasteiger partial charge in [-0.2, -0.15) is 10.1 Å². The normalized spacial score (nSPS) is 21.7. The van der Waals surface area contributed by atoms with Crippen LogP contribution in [0.5, 0.6) is 0 Å². The van der Waals surface area contributed by atoms with Crippen molar-refractivity contribution in [1.29, 1.82) is 0 Å². The molecule has 8 heteroatoms. The van der Waals surface area contributed by atoms with Gasteiger partial charge < -0.3 is 15.2 Å². The predicted molar refractivity (Wildman–Crippen MR) is 99.0 cm³/mol. The number of nitrogens with zero attached hydrogens (tertiary/aromatic N) is 4. The van der Waals surface area contributed by atoms with Crippen molar-refractivity contribution in [2.24, 2.45) is 0 Å². The lowest BCUT2D eigenvalue weighted by atomic mass is 9.87. The zero-order chi connectivity index (χ0) is 18.7. The Morgan fingerprint density at radius 2 is 2.11 bits per heavy atom. The zero-order valence-corrected chi connectivity index (χ0v) is 15.9. The SMILES string of the molecule is CC(NC(=O)C1(n2cccn2)CCNCC1)c1nc(C2CCCCC2)no1. The van der Waals surface area contributed by atoms with Crippen LogP contribution in [0.25, 0.3) is 0 Å². The summed E-state index contributed by atoms with van der Waals surface area (Å²) in [6.45, 7) is 3.47. The van der Waals surface area contributed by atoms with Gasteiger partial charge in [0.1, 0.15) is 11.6 Å². The van der Waals surface area contributed by atoms with Crippen LogP contribution in [0.15, 0.2) is 23.0 Å². The number of rotatable bonds is 5. The molecule has 2 fully saturated rings. The van der Waals surface area contributed by atoms with Crippen molar-refractivity contribution in [1.82, 2.24) is 30.6 Å². The van der Waals surface area contributed by atoms with E-state index in [-0.39, 0.29) is 11.9 Å². The number of carbonyl (C=O) groups excluding carboxylic acids is 1. The maximum absolute atomic E-state index is 13.2. The Bertz CT molecular complexity index is 744. The summed E-state index contributed by atoms with van der Waals surface area (Å²) in [4.78, 5) is 17.8. The first-order chi connectivity index (χ1) is 13.2. The molecule has 0 spiro atoms. The fourth-order valence-corrected chi connectivity index (χ4v) is 4.27. The lowest BCUT2D eigenvalue weighted by Gasteiger charge is -2.37. The number of aromatic nitrogens is 4. The molecule has 27 heavy (non-hydrogen) atoms. The lowest BCUT2D eigenvalue weighted by Crippen LogP contribution is -2.55. The summed E-state index contributed by atoms with van der Waals surface area (Å²) in [6, 6.07) is 1.53. The first kappa shape index (κ1) is 18.2. The molecule has 1 saturated carbocycles. The average Bonchev–Trinajstić information content (AvgIpc) is 3.41. The van der Waals surface area contributed by atoms with Gasteiger partial charge in [0, 0.05) is 18.3 Å². The third-order valence-electron chi connectivity index (χ3n) is 5.94. The van der Waals surface area contributed by atoms with E-state index in [1.54, 1.807) is 10.9 Å². The summed E-state index contributed by atoms with van der Waals surface area (Å²) in [5.74, 6) is 1.61. The number of carbonyl (C=O) groups is 1. The molecule has 1 amide bonds. The highest BCUT2D eigenvalue weighted by molar-refractivity contribution is 5.84. The van der Waals surface area contributed by atoms with Crippen molar-refractivity contribution in [2.75, 3.05) is 13.1 Å². The van der Waals surface area contributed by atoms with E-state index < -0.39 is 5.54 Å². The molecule has 2 aliphatic rings. The Balaban J connectivity index is 1.47.